The number of benzene rings is 1. The van der Waals surface area contributed by atoms with Crippen molar-refractivity contribution in [1.82, 2.24) is 10.6 Å². The zero-order valence-electron chi connectivity index (χ0n) is 10.8. The Balaban J connectivity index is 2.48. The third kappa shape index (κ3) is 5.65. The van der Waals surface area contributed by atoms with Gasteiger partial charge in [0, 0.05) is 19.5 Å². The molecule has 4 nitrogen and oxygen atoms in total. The Kier molecular flexibility index (Phi) is 6.81. The van der Waals surface area contributed by atoms with Gasteiger partial charge in [-0.25, -0.2) is 8.78 Å². The van der Waals surface area contributed by atoms with Crippen molar-refractivity contribution < 1.29 is 13.9 Å². The first-order valence-corrected chi connectivity index (χ1v) is 6.05. The lowest BCUT2D eigenvalue weighted by atomic mass is 10.0. The Morgan fingerprint density at radius 1 is 1.21 bits per heavy atom. The third-order valence-corrected chi connectivity index (χ3v) is 2.65. The minimum Gasteiger partial charge on any atom is -0.396 e. The number of rotatable bonds is 6. The maximum atomic E-state index is 12.1. The van der Waals surface area contributed by atoms with Crippen LogP contribution in [0.5, 0.6) is 0 Å². The predicted molar refractivity (Wildman–Crippen MR) is 71.6 cm³/mol. The largest absolute Gasteiger partial charge is 0.396 e. The van der Waals surface area contributed by atoms with Gasteiger partial charge in [0.25, 0.3) is 6.43 Å². The molecule has 1 rings (SSSR count). The normalized spacial score (nSPS) is 13.4. The molecule has 0 heterocycles. The van der Waals surface area contributed by atoms with Crippen molar-refractivity contribution in [2.45, 2.75) is 12.3 Å². The van der Waals surface area contributed by atoms with E-state index in [1.54, 1.807) is 0 Å². The molecule has 0 aromatic heterocycles. The molecule has 1 aromatic rings. The molecule has 1 aromatic carbocycles. The van der Waals surface area contributed by atoms with Crippen LogP contribution in [0.25, 0.3) is 0 Å². The number of halogens is 2. The number of nitrogens with zero attached hydrogens (tertiary/aromatic N) is 1. The number of hydrogen-bond donors (Lipinski definition) is 3. The molecule has 1 atom stereocenters. The highest BCUT2D eigenvalue weighted by atomic mass is 19.3. The van der Waals surface area contributed by atoms with Crippen LogP contribution < -0.4 is 10.6 Å². The van der Waals surface area contributed by atoms with Gasteiger partial charge >= 0.3 is 0 Å². The van der Waals surface area contributed by atoms with E-state index in [0.717, 1.165) is 5.56 Å². The van der Waals surface area contributed by atoms with Crippen molar-refractivity contribution in [3.05, 3.63) is 35.9 Å². The van der Waals surface area contributed by atoms with E-state index < -0.39 is 13.0 Å². The van der Waals surface area contributed by atoms with Crippen molar-refractivity contribution in [3.8, 4) is 0 Å². The second-order valence-electron chi connectivity index (χ2n) is 4.02. The molecule has 0 aliphatic carbocycles. The van der Waals surface area contributed by atoms with E-state index >= 15 is 0 Å². The molecule has 0 spiro atoms. The highest BCUT2D eigenvalue weighted by molar-refractivity contribution is 5.79. The fourth-order valence-corrected chi connectivity index (χ4v) is 1.63. The summed E-state index contributed by atoms with van der Waals surface area (Å²) in [7, 11) is 1.51. The molecule has 0 bridgehead atoms. The molecule has 0 fully saturated rings. The predicted octanol–water partition coefficient (Wildman–Crippen LogP) is 1.19. The zero-order chi connectivity index (χ0) is 14.1. The standard InChI is InChI=1S/C13H19F2N3O/c1-16-13(18-8-12(14)15)17-7-11(9-19)10-5-3-2-4-6-10/h2-6,11-12,19H,7-9H2,1H3,(H2,16,17,18). The van der Waals surface area contributed by atoms with E-state index in [1.807, 2.05) is 30.3 Å². The van der Waals surface area contributed by atoms with Gasteiger partial charge in [0.2, 0.25) is 0 Å². The lowest BCUT2D eigenvalue weighted by molar-refractivity contribution is 0.152. The van der Waals surface area contributed by atoms with Crippen LogP contribution in [0.4, 0.5) is 8.78 Å². The fourth-order valence-electron chi connectivity index (χ4n) is 1.63. The van der Waals surface area contributed by atoms with Crippen molar-refractivity contribution in [1.29, 1.82) is 0 Å². The van der Waals surface area contributed by atoms with Gasteiger partial charge < -0.3 is 15.7 Å². The molecule has 6 heteroatoms. The van der Waals surface area contributed by atoms with E-state index in [4.69, 9.17) is 0 Å². The Morgan fingerprint density at radius 3 is 2.37 bits per heavy atom. The highest BCUT2D eigenvalue weighted by Gasteiger charge is 2.11. The summed E-state index contributed by atoms with van der Waals surface area (Å²) in [5, 5.41) is 14.8. The number of aliphatic hydroxyl groups is 1. The smallest absolute Gasteiger partial charge is 0.255 e. The summed E-state index contributed by atoms with van der Waals surface area (Å²) in [5.41, 5.74) is 0.988. The van der Waals surface area contributed by atoms with Crippen LogP contribution >= 0.6 is 0 Å². The van der Waals surface area contributed by atoms with E-state index in [2.05, 4.69) is 15.6 Å². The van der Waals surface area contributed by atoms with Gasteiger partial charge in [-0.15, -0.1) is 0 Å². The number of alkyl halides is 2. The Morgan fingerprint density at radius 2 is 1.84 bits per heavy atom. The maximum absolute atomic E-state index is 12.1. The lowest BCUT2D eigenvalue weighted by Crippen LogP contribution is -2.41. The van der Waals surface area contributed by atoms with Crippen molar-refractivity contribution in [3.63, 3.8) is 0 Å². The Hall–Kier alpha value is -1.69. The van der Waals surface area contributed by atoms with Gasteiger partial charge in [-0.2, -0.15) is 0 Å². The molecule has 19 heavy (non-hydrogen) atoms. The molecule has 0 saturated heterocycles. The molecular weight excluding hydrogens is 252 g/mol. The molecule has 0 aliphatic rings. The third-order valence-electron chi connectivity index (χ3n) is 2.65. The first kappa shape index (κ1) is 15.4. The summed E-state index contributed by atoms with van der Waals surface area (Å²) in [4.78, 5) is 3.84. The monoisotopic (exact) mass is 271 g/mol. The van der Waals surface area contributed by atoms with Gasteiger partial charge in [0.05, 0.1) is 13.2 Å². The van der Waals surface area contributed by atoms with Crippen molar-refractivity contribution >= 4 is 5.96 Å². The summed E-state index contributed by atoms with van der Waals surface area (Å²) >= 11 is 0. The van der Waals surface area contributed by atoms with Crippen molar-refractivity contribution in [2.24, 2.45) is 4.99 Å². The van der Waals surface area contributed by atoms with Crippen LogP contribution in [0.3, 0.4) is 0 Å². The minimum atomic E-state index is -2.43. The topological polar surface area (TPSA) is 56.7 Å². The lowest BCUT2D eigenvalue weighted by Gasteiger charge is -2.18. The SMILES string of the molecule is CN=C(NCC(F)F)NCC(CO)c1ccccc1. The van der Waals surface area contributed by atoms with E-state index in [9.17, 15) is 13.9 Å². The summed E-state index contributed by atoms with van der Waals surface area (Å²) in [5.74, 6) is 0.195. The fraction of sp³-hybridized carbons (Fsp3) is 0.462. The summed E-state index contributed by atoms with van der Waals surface area (Å²) in [6.45, 7) is -0.0545. The number of aliphatic hydroxyl groups excluding tert-OH is 1. The Bertz CT molecular complexity index is 385. The summed E-state index contributed by atoms with van der Waals surface area (Å²) < 4.78 is 24.2. The van der Waals surface area contributed by atoms with Crippen LogP contribution in [0, 0.1) is 0 Å². The number of nitrogens with one attached hydrogen (secondary N) is 2. The first-order valence-electron chi connectivity index (χ1n) is 6.05. The average molecular weight is 271 g/mol. The second-order valence-corrected chi connectivity index (χ2v) is 4.02. The Labute approximate surface area is 111 Å². The molecular formula is C13H19F2N3O. The number of hydrogen-bond acceptors (Lipinski definition) is 2. The van der Waals surface area contributed by atoms with Gasteiger partial charge in [0.15, 0.2) is 5.96 Å². The molecule has 106 valence electrons. The number of guanidine groups is 1. The van der Waals surface area contributed by atoms with Gasteiger partial charge in [0.1, 0.15) is 0 Å². The molecule has 0 saturated carbocycles. The molecule has 1 unspecified atom stereocenters. The minimum absolute atomic E-state index is 0.0249. The van der Waals surface area contributed by atoms with Gasteiger partial charge in [-0.3, -0.25) is 4.99 Å². The summed E-state index contributed by atoms with van der Waals surface area (Å²) in [6.07, 6.45) is -2.43. The van der Waals surface area contributed by atoms with Gasteiger partial charge in [-0.05, 0) is 5.56 Å². The highest BCUT2D eigenvalue weighted by Crippen LogP contribution is 2.13. The first-order chi connectivity index (χ1) is 9.17. The molecule has 0 amide bonds. The maximum Gasteiger partial charge on any atom is 0.255 e. The summed E-state index contributed by atoms with van der Waals surface area (Å²) in [6, 6.07) is 9.51. The van der Waals surface area contributed by atoms with E-state index in [-0.39, 0.29) is 12.5 Å². The second kappa shape index (κ2) is 8.42. The molecule has 0 aliphatic heterocycles. The number of aliphatic imine (C=N–C) groups is 1. The van der Waals surface area contributed by atoms with Crippen LogP contribution in [0.1, 0.15) is 11.5 Å². The molecule has 3 N–H and O–H groups in total. The van der Waals surface area contributed by atoms with Crippen LogP contribution in [-0.4, -0.2) is 44.2 Å². The quantitative estimate of drug-likeness (QED) is 0.538. The van der Waals surface area contributed by atoms with E-state index in [1.165, 1.54) is 7.05 Å². The van der Waals surface area contributed by atoms with Crippen LogP contribution in [-0.2, 0) is 0 Å². The van der Waals surface area contributed by atoms with Crippen molar-refractivity contribution in [2.75, 3.05) is 26.7 Å². The van der Waals surface area contributed by atoms with Crippen LogP contribution in [0.15, 0.2) is 35.3 Å². The molecule has 0 radical (unpaired) electrons. The van der Waals surface area contributed by atoms with Crippen LogP contribution in [0.2, 0.25) is 0 Å². The average Bonchev–Trinajstić information content (AvgIpc) is 2.43. The van der Waals surface area contributed by atoms with Gasteiger partial charge in [-0.1, -0.05) is 30.3 Å². The zero-order valence-corrected chi connectivity index (χ0v) is 10.8. The van der Waals surface area contributed by atoms with E-state index in [0.29, 0.717) is 12.5 Å².